The summed E-state index contributed by atoms with van der Waals surface area (Å²) in [5.41, 5.74) is 5.79. The van der Waals surface area contributed by atoms with Crippen molar-refractivity contribution in [3.8, 4) is 11.5 Å². The summed E-state index contributed by atoms with van der Waals surface area (Å²) in [6.45, 7) is 0.834. The first-order valence-electron chi connectivity index (χ1n) is 4.67. The van der Waals surface area contributed by atoms with Gasteiger partial charge in [0.25, 0.3) is 0 Å². The largest absolute Gasteiger partial charge is 0.486 e. The number of benzene rings is 1. The highest BCUT2D eigenvalue weighted by molar-refractivity contribution is 7.89. The molecule has 2 rings (SSSR count). The van der Waals surface area contributed by atoms with E-state index in [1.54, 1.807) is 0 Å². The van der Waals surface area contributed by atoms with E-state index in [9.17, 15) is 8.42 Å². The predicted molar refractivity (Wildman–Crippen MR) is 58.1 cm³/mol. The highest BCUT2D eigenvalue weighted by atomic mass is 32.2. The lowest BCUT2D eigenvalue weighted by Crippen LogP contribution is -2.21. The van der Waals surface area contributed by atoms with Crippen molar-refractivity contribution in [2.75, 3.05) is 26.0 Å². The molecule has 0 bridgehead atoms. The van der Waals surface area contributed by atoms with Crippen molar-refractivity contribution >= 4 is 15.7 Å². The van der Waals surface area contributed by atoms with E-state index in [2.05, 4.69) is 4.72 Å². The molecule has 0 aliphatic carbocycles. The van der Waals surface area contributed by atoms with E-state index in [4.69, 9.17) is 15.2 Å². The molecular formula is C9H12N2O4S. The molecule has 0 aromatic heterocycles. The summed E-state index contributed by atoms with van der Waals surface area (Å²) < 4.78 is 36.0. The number of fused-ring (bicyclic) bond motifs is 1. The maximum absolute atomic E-state index is 11.6. The topological polar surface area (TPSA) is 90.7 Å². The maximum atomic E-state index is 11.6. The van der Waals surface area contributed by atoms with Crippen LogP contribution in [0.3, 0.4) is 0 Å². The molecule has 7 heteroatoms. The van der Waals surface area contributed by atoms with Crippen LogP contribution in [-0.4, -0.2) is 28.7 Å². The fourth-order valence-corrected chi connectivity index (χ4v) is 2.28. The van der Waals surface area contributed by atoms with Gasteiger partial charge in [-0.25, -0.2) is 13.1 Å². The Morgan fingerprint density at radius 1 is 1.25 bits per heavy atom. The zero-order chi connectivity index (χ0) is 11.8. The van der Waals surface area contributed by atoms with Gasteiger partial charge in [-0.15, -0.1) is 0 Å². The smallest absolute Gasteiger partial charge is 0.242 e. The van der Waals surface area contributed by atoms with Crippen LogP contribution in [0.15, 0.2) is 17.0 Å². The molecule has 16 heavy (non-hydrogen) atoms. The minimum absolute atomic E-state index is 0.000694. The first-order chi connectivity index (χ1) is 7.54. The van der Waals surface area contributed by atoms with Gasteiger partial charge in [0.1, 0.15) is 18.1 Å². The van der Waals surface area contributed by atoms with Crippen molar-refractivity contribution in [3.63, 3.8) is 0 Å². The maximum Gasteiger partial charge on any atom is 0.242 e. The van der Waals surface area contributed by atoms with Gasteiger partial charge in [-0.05, 0) is 7.05 Å². The lowest BCUT2D eigenvalue weighted by atomic mass is 10.2. The molecule has 0 amide bonds. The Hall–Kier alpha value is -1.47. The molecular weight excluding hydrogens is 232 g/mol. The van der Waals surface area contributed by atoms with Crippen LogP contribution < -0.4 is 19.9 Å². The molecule has 1 aliphatic heterocycles. The van der Waals surface area contributed by atoms with Crippen LogP contribution in [-0.2, 0) is 10.0 Å². The van der Waals surface area contributed by atoms with Crippen molar-refractivity contribution in [1.82, 2.24) is 4.72 Å². The molecule has 1 aliphatic rings. The number of ether oxygens (including phenoxy) is 2. The van der Waals surface area contributed by atoms with Gasteiger partial charge in [0.2, 0.25) is 10.0 Å². The summed E-state index contributed by atoms with van der Waals surface area (Å²) in [6, 6.07) is 2.83. The molecule has 0 saturated heterocycles. The average Bonchev–Trinajstić information content (AvgIpc) is 2.28. The van der Waals surface area contributed by atoms with Crippen molar-refractivity contribution in [3.05, 3.63) is 12.1 Å². The van der Waals surface area contributed by atoms with E-state index < -0.39 is 10.0 Å². The summed E-state index contributed by atoms with van der Waals surface area (Å²) in [5, 5.41) is 0. The highest BCUT2D eigenvalue weighted by Gasteiger charge is 2.21. The summed E-state index contributed by atoms with van der Waals surface area (Å²) in [5.74, 6) is 0.869. The Kier molecular flexibility index (Phi) is 2.64. The Labute approximate surface area is 93.4 Å². The highest BCUT2D eigenvalue weighted by Crippen LogP contribution is 2.36. The van der Waals surface area contributed by atoms with Gasteiger partial charge in [-0.3, -0.25) is 0 Å². The molecule has 1 heterocycles. The van der Waals surface area contributed by atoms with E-state index in [1.165, 1.54) is 19.2 Å². The number of nitrogens with one attached hydrogen (secondary N) is 1. The first-order valence-corrected chi connectivity index (χ1v) is 6.15. The molecule has 0 unspecified atom stereocenters. The third-order valence-electron chi connectivity index (χ3n) is 2.23. The van der Waals surface area contributed by atoms with Crippen LogP contribution >= 0.6 is 0 Å². The molecule has 0 saturated carbocycles. The van der Waals surface area contributed by atoms with Crippen molar-refractivity contribution in [2.24, 2.45) is 0 Å². The van der Waals surface area contributed by atoms with Crippen molar-refractivity contribution in [1.29, 1.82) is 0 Å². The normalized spacial score (nSPS) is 14.8. The van der Waals surface area contributed by atoms with Crippen molar-refractivity contribution < 1.29 is 17.9 Å². The Bertz CT molecular complexity index is 512. The molecule has 1 aromatic rings. The van der Waals surface area contributed by atoms with Gasteiger partial charge in [0.05, 0.1) is 5.69 Å². The van der Waals surface area contributed by atoms with Gasteiger partial charge >= 0.3 is 0 Å². The van der Waals surface area contributed by atoms with E-state index in [1.807, 2.05) is 0 Å². The summed E-state index contributed by atoms with van der Waals surface area (Å²) >= 11 is 0. The van der Waals surface area contributed by atoms with Gasteiger partial charge in [-0.2, -0.15) is 0 Å². The van der Waals surface area contributed by atoms with Crippen LogP contribution in [0.2, 0.25) is 0 Å². The third-order valence-corrected chi connectivity index (χ3v) is 3.70. The number of rotatable bonds is 2. The second-order valence-electron chi connectivity index (χ2n) is 3.24. The van der Waals surface area contributed by atoms with Crippen LogP contribution in [0.1, 0.15) is 0 Å². The van der Waals surface area contributed by atoms with Gasteiger partial charge in [0.15, 0.2) is 11.5 Å². The monoisotopic (exact) mass is 244 g/mol. The van der Waals surface area contributed by atoms with Gasteiger partial charge in [-0.1, -0.05) is 0 Å². The number of nitrogens with two attached hydrogens (primary N) is 1. The predicted octanol–water partition coefficient (Wildman–Crippen LogP) is -0.0519. The fourth-order valence-electron chi connectivity index (χ4n) is 1.43. The van der Waals surface area contributed by atoms with Crippen LogP contribution in [0, 0.1) is 0 Å². The lowest BCUT2D eigenvalue weighted by molar-refractivity contribution is 0.171. The number of sulfonamides is 1. The quantitative estimate of drug-likeness (QED) is 0.712. The molecule has 0 atom stereocenters. The zero-order valence-electron chi connectivity index (χ0n) is 8.69. The zero-order valence-corrected chi connectivity index (χ0v) is 9.50. The molecule has 0 spiro atoms. The second-order valence-corrected chi connectivity index (χ2v) is 5.10. The standard InChI is InChI=1S/C9H12N2O4S/c1-11-16(12,13)9-5-8-7(4-6(9)10)14-2-3-15-8/h4-5,11H,2-3,10H2,1H3. The first kappa shape index (κ1) is 11.0. The van der Waals surface area contributed by atoms with Crippen molar-refractivity contribution in [2.45, 2.75) is 4.90 Å². The number of hydrogen-bond donors (Lipinski definition) is 2. The van der Waals surface area contributed by atoms with Crippen LogP contribution in [0.4, 0.5) is 5.69 Å². The minimum atomic E-state index is -3.57. The number of anilines is 1. The Balaban J connectivity index is 2.56. The number of hydrogen-bond acceptors (Lipinski definition) is 5. The van der Waals surface area contributed by atoms with Crippen LogP contribution in [0.5, 0.6) is 11.5 Å². The molecule has 0 radical (unpaired) electrons. The van der Waals surface area contributed by atoms with E-state index >= 15 is 0 Å². The summed E-state index contributed by atoms with van der Waals surface area (Å²) in [6.07, 6.45) is 0. The summed E-state index contributed by atoms with van der Waals surface area (Å²) in [7, 11) is -2.25. The van der Waals surface area contributed by atoms with E-state index in [0.717, 1.165) is 0 Å². The molecule has 88 valence electrons. The minimum Gasteiger partial charge on any atom is -0.486 e. The second kappa shape index (κ2) is 3.84. The molecule has 6 nitrogen and oxygen atoms in total. The van der Waals surface area contributed by atoms with E-state index in [0.29, 0.717) is 24.7 Å². The van der Waals surface area contributed by atoms with Gasteiger partial charge in [0, 0.05) is 12.1 Å². The Morgan fingerprint density at radius 3 is 2.38 bits per heavy atom. The van der Waals surface area contributed by atoms with Gasteiger partial charge < -0.3 is 15.2 Å². The average molecular weight is 244 g/mol. The molecule has 1 aromatic carbocycles. The molecule has 0 fully saturated rings. The van der Waals surface area contributed by atoms with E-state index in [-0.39, 0.29) is 10.6 Å². The lowest BCUT2D eigenvalue weighted by Gasteiger charge is -2.19. The summed E-state index contributed by atoms with van der Waals surface area (Å²) in [4.78, 5) is -0.000694. The third kappa shape index (κ3) is 1.79. The molecule has 3 N–H and O–H groups in total. The SMILES string of the molecule is CNS(=O)(=O)c1cc2c(cc1N)OCCO2. The number of nitrogen functional groups attached to an aromatic ring is 1. The Morgan fingerprint density at radius 2 is 1.81 bits per heavy atom. The fraction of sp³-hybridized carbons (Fsp3) is 0.333. The van der Waals surface area contributed by atoms with Crippen LogP contribution in [0.25, 0.3) is 0 Å².